The molecule has 3 rings (SSSR count). The summed E-state index contributed by atoms with van der Waals surface area (Å²) >= 11 is 7.42. The monoisotopic (exact) mass is 472 g/mol. The number of carboxylic acids is 1. The maximum absolute atomic E-state index is 13.4. The SMILES string of the molecule is COC(=O)CN(C(=O)[C@@H](CC(=O)O)Cc1ccccc1)c1nc(-c2ccccc2Cl)cs1. The molecule has 0 saturated carbocycles. The molecule has 0 fully saturated rings. The Morgan fingerprint density at radius 2 is 1.81 bits per heavy atom. The standard InChI is InChI=1S/C23H21ClN2O5S/c1-31-21(29)13-26(23-25-19(14-32-23)17-9-5-6-10-18(17)24)22(30)16(12-20(27)28)11-15-7-3-2-4-8-15/h2-10,14,16H,11-13H2,1H3,(H,27,28)/t16-/m1/s1. The highest BCUT2D eigenvalue weighted by Gasteiger charge is 2.31. The molecule has 32 heavy (non-hydrogen) atoms. The van der Waals surface area contributed by atoms with Crippen LogP contribution in [-0.4, -0.2) is 41.6 Å². The number of amides is 1. The molecule has 166 valence electrons. The number of methoxy groups -OCH3 is 1. The second-order valence-electron chi connectivity index (χ2n) is 6.98. The Kier molecular flexibility index (Phi) is 7.97. The van der Waals surface area contributed by atoms with E-state index in [2.05, 4.69) is 4.98 Å². The summed E-state index contributed by atoms with van der Waals surface area (Å²) in [6, 6.07) is 16.3. The van der Waals surface area contributed by atoms with E-state index in [9.17, 15) is 19.5 Å². The van der Waals surface area contributed by atoms with Gasteiger partial charge in [0.1, 0.15) is 6.54 Å². The summed E-state index contributed by atoms with van der Waals surface area (Å²) in [4.78, 5) is 42.7. The first kappa shape index (κ1) is 23.4. The molecule has 0 bridgehead atoms. The molecule has 1 atom stereocenters. The molecule has 0 unspecified atom stereocenters. The number of ether oxygens (including phenoxy) is 1. The van der Waals surface area contributed by atoms with Crippen LogP contribution in [0.25, 0.3) is 11.3 Å². The number of anilines is 1. The summed E-state index contributed by atoms with van der Waals surface area (Å²) in [5.41, 5.74) is 2.06. The Morgan fingerprint density at radius 3 is 2.47 bits per heavy atom. The third-order valence-electron chi connectivity index (χ3n) is 4.75. The third kappa shape index (κ3) is 5.93. The number of carboxylic acid groups (broad SMARTS) is 1. The van der Waals surface area contributed by atoms with Gasteiger partial charge in [0, 0.05) is 16.0 Å². The predicted octanol–water partition coefficient (Wildman–Crippen LogP) is 4.30. The highest BCUT2D eigenvalue weighted by molar-refractivity contribution is 7.14. The van der Waals surface area contributed by atoms with Crippen molar-refractivity contribution in [3.05, 3.63) is 70.6 Å². The molecule has 2 aromatic carbocycles. The maximum Gasteiger partial charge on any atom is 0.325 e. The van der Waals surface area contributed by atoms with Crippen LogP contribution in [0.5, 0.6) is 0 Å². The second-order valence-corrected chi connectivity index (χ2v) is 8.22. The van der Waals surface area contributed by atoms with Gasteiger partial charge in [0.25, 0.3) is 0 Å². The number of rotatable bonds is 9. The number of nitrogens with zero attached hydrogens (tertiary/aromatic N) is 2. The minimum Gasteiger partial charge on any atom is -0.481 e. The first-order chi connectivity index (χ1) is 15.4. The number of carbonyl (C=O) groups is 3. The summed E-state index contributed by atoms with van der Waals surface area (Å²) in [5.74, 6) is -3.14. The summed E-state index contributed by atoms with van der Waals surface area (Å²) in [6.45, 7) is -0.379. The molecule has 9 heteroatoms. The molecule has 3 aromatic rings. The van der Waals surface area contributed by atoms with E-state index in [4.69, 9.17) is 16.3 Å². The molecule has 0 aliphatic heterocycles. The van der Waals surface area contributed by atoms with Crippen LogP contribution < -0.4 is 4.90 Å². The van der Waals surface area contributed by atoms with Crippen LogP contribution in [0.4, 0.5) is 5.13 Å². The molecule has 1 heterocycles. The van der Waals surface area contributed by atoms with Crippen LogP contribution in [0.2, 0.25) is 5.02 Å². The minimum atomic E-state index is -1.10. The van der Waals surface area contributed by atoms with Crippen LogP contribution >= 0.6 is 22.9 Å². The Balaban J connectivity index is 1.94. The largest absolute Gasteiger partial charge is 0.481 e. The van der Waals surface area contributed by atoms with E-state index in [1.165, 1.54) is 12.0 Å². The number of aliphatic carboxylic acids is 1. The smallest absolute Gasteiger partial charge is 0.325 e. The summed E-state index contributed by atoms with van der Waals surface area (Å²) < 4.78 is 4.75. The van der Waals surface area contributed by atoms with Crippen LogP contribution in [-0.2, 0) is 25.5 Å². The molecule has 1 aromatic heterocycles. The van der Waals surface area contributed by atoms with Crippen molar-refractivity contribution in [3.8, 4) is 11.3 Å². The van der Waals surface area contributed by atoms with Gasteiger partial charge in [-0.05, 0) is 18.1 Å². The van der Waals surface area contributed by atoms with E-state index in [-0.39, 0.29) is 24.5 Å². The van der Waals surface area contributed by atoms with E-state index >= 15 is 0 Å². The van der Waals surface area contributed by atoms with Crippen molar-refractivity contribution < 1.29 is 24.2 Å². The maximum atomic E-state index is 13.4. The number of hydrogen-bond donors (Lipinski definition) is 1. The molecule has 7 nitrogen and oxygen atoms in total. The van der Waals surface area contributed by atoms with Gasteiger partial charge in [0.2, 0.25) is 5.91 Å². The van der Waals surface area contributed by atoms with Crippen molar-refractivity contribution in [1.29, 1.82) is 0 Å². The lowest BCUT2D eigenvalue weighted by molar-refractivity contribution is -0.141. The van der Waals surface area contributed by atoms with E-state index in [0.717, 1.165) is 16.9 Å². The van der Waals surface area contributed by atoms with Crippen LogP contribution in [0, 0.1) is 5.92 Å². The first-order valence-electron chi connectivity index (χ1n) is 9.73. The number of esters is 1. The van der Waals surface area contributed by atoms with Crippen molar-refractivity contribution in [1.82, 2.24) is 4.98 Å². The van der Waals surface area contributed by atoms with E-state index in [0.29, 0.717) is 16.3 Å². The quantitative estimate of drug-likeness (QED) is 0.466. The molecular formula is C23H21ClN2O5S. The van der Waals surface area contributed by atoms with Gasteiger partial charge >= 0.3 is 11.9 Å². The molecular weight excluding hydrogens is 452 g/mol. The van der Waals surface area contributed by atoms with Crippen LogP contribution in [0.1, 0.15) is 12.0 Å². The highest BCUT2D eigenvalue weighted by atomic mass is 35.5. The van der Waals surface area contributed by atoms with Crippen LogP contribution in [0.15, 0.2) is 60.0 Å². The van der Waals surface area contributed by atoms with E-state index < -0.39 is 23.8 Å². The molecule has 1 N–H and O–H groups in total. The van der Waals surface area contributed by atoms with Gasteiger partial charge in [-0.15, -0.1) is 11.3 Å². The van der Waals surface area contributed by atoms with Gasteiger partial charge < -0.3 is 9.84 Å². The number of aromatic nitrogens is 1. The van der Waals surface area contributed by atoms with Crippen molar-refractivity contribution in [2.45, 2.75) is 12.8 Å². The number of thiazole rings is 1. The van der Waals surface area contributed by atoms with Gasteiger partial charge in [-0.1, -0.05) is 60.1 Å². The van der Waals surface area contributed by atoms with Gasteiger partial charge in [-0.3, -0.25) is 19.3 Å². The van der Waals surface area contributed by atoms with E-state index in [1.807, 2.05) is 36.4 Å². The third-order valence-corrected chi connectivity index (χ3v) is 5.94. The van der Waals surface area contributed by atoms with E-state index in [1.54, 1.807) is 23.6 Å². The normalized spacial score (nSPS) is 11.6. The van der Waals surface area contributed by atoms with Gasteiger partial charge in [-0.25, -0.2) is 4.98 Å². The molecule has 0 spiro atoms. The zero-order valence-corrected chi connectivity index (χ0v) is 18.8. The predicted molar refractivity (Wildman–Crippen MR) is 123 cm³/mol. The lowest BCUT2D eigenvalue weighted by Gasteiger charge is -2.24. The second kappa shape index (κ2) is 10.9. The van der Waals surface area contributed by atoms with Gasteiger partial charge in [-0.2, -0.15) is 0 Å². The Labute approximate surface area is 194 Å². The lowest BCUT2D eigenvalue weighted by Crippen LogP contribution is -2.41. The highest BCUT2D eigenvalue weighted by Crippen LogP contribution is 2.32. The lowest BCUT2D eigenvalue weighted by atomic mass is 9.95. The molecule has 0 aliphatic carbocycles. The van der Waals surface area contributed by atoms with Gasteiger partial charge in [0.05, 0.1) is 25.1 Å². The van der Waals surface area contributed by atoms with Gasteiger partial charge in [0.15, 0.2) is 5.13 Å². The molecule has 0 radical (unpaired) electrons. The number of halogens is 1. The minimum absolute atomic E-state index is 0.215. The number of hydrogen-bond acceptors (Lipinski definition) is 6. The number of carbonyl (C=O) groups excluding carboxylic acids is 2. The fourth-order valence-electron chi connectivity index (χ4n) is 3.19. The zero-order valence-electron chi connectivity index (χ0n) is 17.2. The van der Waals surface area contributed by atoms with Crippen LogP contribution in [0.3, 0.4) is 0 Å². The Hall–Kier alpha value is -3.23. The average molecular weight is 473 g/mol. The summed E-state index contributed by atoms with van der Waals surface area (Å²) in [7, 11) is 1.22. The molecule has 0 aliphatic rings. The Bertz CT molecular complexity index is 1100. The van der Waals surface area contributed by atoms with Crippen molar-refractivity contribution >= 4 is 45.9 Å². The van der Waals surface area contributed by atoms with Crippen molar-refractivity contribution in [2.75, 3.05) is 18.6 Å². The zero-order chi connectivity index (χ0) is 23.1. The fourth-order valence-corrected chi connectivity index (χ4v) is 4.25. The molecule has 0 saturated heterocycles. The topological polar surface area (TPSA) is 96.8 Å². The molecule has 1 amide bonds. The average Bonchev–Trinajstić information content (AvgIpc) is 3.26. The van der Waals surface area contributed by atoms with Crippen molar-refractivity contribution in [2.24, 2.45) is 5.92 Å². The summed E-state index contributed by atoms with van der Waals surface area (Å²) in [5, 5.41) is 11.9. The van der Waals surface area contributed by atoms with Crippen molar-refractivity contribution in [3.63, 3.8) is 0 Å². The summed E-state index contributed by atoms with van der Waals surface area (Å²) in [6.07, 6.45) is -0.166. The first-order valence-corrected chi connectivity index (χ1v) is 11.0. The fraction of sp³-hybridized carbons (Fsp3) is 0.217. The number of benzene rings is 2. The Morgan fingerprint density at radius 1 is 1.12 bits per heavy atom.